The largest absolute Gasteiger partial charge is 0.380 e. The number of nitrogens with one attached hydrogen (secondary N) is 1. The summed E-state index contributed by atoms with van der Waals surface area (Å²) >= 11 is 0. The fraction of sp³-hybridized carbons (Fsp3) is 1.00. The molecular weight excluding hydrogens is 236 g/mol. The average Bonchev–Trinajstić information content (AvgIpc) is 2.41. The Morgan fingerprint density at radius 3 is 2.63 bits per heavy atom. The maximum absolute atomic E-state index is 5.50. The molecule has 3 unspecified atom stereocenters. The number of hydrogen-bond donors (Lipinski definition) is 1. The minimum absolute atomic E-state index is 0.671. The van der Waals surface area contributed by atoms with Gasteiger partial charge in [0.15, 0.2) is 0 Å². The first-order valence-corrected chi connectivity index (χ1v) is 8.24. The van der Waals surface area contributed by atoms with Crippen molar-refractivity contribution in [1.29, 1.82) is 0 Å². The predicted molar refractivity (Wildman–Crippen MR) is 82.6 cm³/mol. The molecule has 0 aliphatic heterocycles. The lowest BCUT2D eigenvalue weighted by Crippen LogP contribution is -2.52. The van der Waals surface area contributed by atoms with Crippen LogP contribution in [0.1, 0.15) is 52.9 Å². The predicted octanol–water partition coefficient (Wildman–Crippen LogP) is 2.90. The van der Waals surface area contributed by atoms with E-state index in [1.807, 2.05) is 0 Å². The fourth-order valence-electron chi connectivity index (χ4n) is 3.41. The van der Waals surface area contributed by atoms with Gasteiger partial charge < -0.3 is 10.1 Å². The standard InChI is InChI=1S/C16H34N2O/c1-5-8-14-9-10-15(17-6-2)16(13-14)18(4)11-12-19-7-3/h14-17H,5-13H2,1-4H3. The van der Waals surface area contributed by atoms with Gasteiger partial charge in [-0.05, 0) is 45.7 Å². The van der Waals surface area contributed by atoms with Gasteiger partial charge in [-0.25, -0.2) is 0 Å². The van der Waals surface area contributed by atoms with Crippen molar-refractivity contribution in [3.05, 3.63) is 0 Å². The highest BCUT2D eigenvalue weighted by atomic mass is 16.5. The first kappa shape index (κ1) is 16.9. The van der Waals surface area contributed by atoms with E-state index in [2.05, 4.69) is 38.0 Å². The van der Waals surface area contributed by atoms with E-state index in [-0.39, 0.29) is 0 Å². The van der Waals surface area contributed by atoms with E-state index in [9.17, 15) is 0 Å². The summed E-state index contributed by atoms with van der Waals surface area (Å²) in [6.45, 7) is 10.4. The monoisotopic (exact) mass is 270 g/mol. The molecule has 3 heteroatoms. The molecule has 0 bridgehead atoms. The van der Waals surface area contributed by atoms with Crippen LogP contribution in [0.5, 0.6) is 0 Å². The maximum atomic E-state index is 5.50. The summed E-state index contributed by atoms with van der Waals surface area (Å²) in [6.07, 6.45) is 6.82. The molecule has 19 heavy (non-hydrogen) atoms. The Morgan fingerprint density at radius 1 is 1.21 bits per heavy atom. The van der Waals surface area contributed by atoms with E-state index in [1.165, 1.54) is 32.1 Å². The second kappa shape index (κ2) is 9.73. The Bertz CT molecular complexity index is 223. The third-order valence-electron chi connectivity index (χ3n) is 4.45. The van der Waals surface area contributed by atoms with Gasteiger partial charge in [-0.2, -0.15) is 0 Å². The van der Waals surface area contributed by atoms with Crippen LogP contribution >= 0.6 is 0 Å². The summed E-state index contributed by atoms with van der Waals surface area (Å²) in [4.78, 5) is 2.52. The molecule has 1 fully saturated rings. The molecule has 3 atom stereocenters. The molecule has 0 aromatic carbocycles. The fourth-order valence-corrected chi connectivity index (χ4v) is 3.41. The van der Waals surface area contributed by atoms with Gasteiger partial charge in [-0.3, -0.25) is 4.90 Å². The molecule has 3 nitrogen and oxygen atoms in total. The van der Waals surface area contributed by atoms with Gasteiger partial charge >= 0.3 is 0 Å². The third-order valence-corrected chi connectivity index (χ3v) is 4.45. The van der Waals surface area contributed by atoms with Crippen LogP contribution in [-0.4, -0.2) is 50.3 Å². The van der Waals surface area contributed by atoms with Gasteiger partial charge in [0.1, 0.15) is 0 Å². The molecule has 0 aromatic rings. The van der Waals surface area contributed by atoms with E-state index in [1.54, 1.807) is 0 Å². The highest BCUT2D eigenvalue weighted by molar-refractivity contribution is 4.90. The molecule has 0 aromatic heterocycles. The van der Waals surface area contributed by atoms with Gasteiger partial charge in [0.2, 0.25) is 0 Å². The van der Waals surface area contributed by atoms with Gasteiger partial charge in [0.25, 0.3) is 0 Å². The molecule has 1 aliphatic carbocycles. The lowest BCUT2D eigenvalue weighted by atomic mass is 9.79. The van der Waals surface area contributed by atoms with Crippen LogP contribution in [0.4, 0.5) is 0 Å². The third kappa shape index (κ3) is 5.80. The van der Waals surface area contributed by atoms with Gasteiger partial charge in [0, 0.05) is 25.2 Å². The van der Waals surface area contributed by atoms with Gasteiger partial charge in [-0.15, -0.1) is 0 Å². The van der Waals surface area contributed by atoms with Crippen molar-refractivity contribution in [3.63, 3.8) is 0 Å². The first-order valence-electron chi connectivity index (χ1n) is 8.24. The van der Waals surface area contributed by atoms with Crippen LogP contribution in [0.3, 0.4) is 0 Å². The summed E-state index contributed by atoms with van der Waals surface area (Å²) < 4.78 is 5.50. The van der Waals surface area contributed by atoms with Crippen LogP contribution < -0.4 is 5.32 Å². The number of nitrogens with zero attached hydrogens (tertiary/aromatic N) is 1. The van der Waals surface area contributed by atoms with Crippen molar-refractivity contribution in [2.45, 2.75) is 65.0 Å². The minimum Gasteiger partial charge on any atom is -0.380 e. The summed E-state index contributed by atoms with van der Waals surface area (Å²) in [5.41, 5.74) is 0. The van der Waals surface area contributed by atoms with E-state index >= 15 is 0 Å². The molecule has 1 aliphatic rings. The van der Waals surface area contributed by atoms with Crippen molar-refractivity contribution >= 4 is 0 Å². The van der Waals surface area contributed by atoms with Crippen LogP contribution in [-0.2, 0) is 4.74 Å². The summed E-state index contributed by atoms with van der Waals surface area (Å²) in [5, 5.41) is 3.69. The zero-order chi connectivity index (χ0) is 14.1. The van der Waals surface area contributed by atoms with Gasteiger partial charge in [-0.1, -0.05) is 26.7 Å². The van der Waals surface area contributed by atoms with Crippen LogP contribution in [0.25, 0.3) is 0 Å². The molecule has 0 radical (unpaired) electrons. The van der Waals surface area contributed by atoms with Crippen LogP contribution in [0.15, 0.2) is 0 Å². The maximum Gasteiger partial charge on any atom is 0.0593 e. The summed E-state index contributed by atoms with van der Waals surface area (Å²) in [7, 11) is 2.27. The Hall–Kier alpha value is -0.120. The van der Waals surface area contributed by atoms with E-state index in [0.29, 0.717) is 12.1 Å². The molecule has 1 rings (SSSR count). The molecule has 0 amide bonds. The highest BCUT2D eigenvalue weighted by Crippen LogP contribution is 2.30. The lowest BCUT2D eigenvalue weighted by molar-refractivity contribution is 0.0722. The molecular formula is C16H34N2O. The minimum atomic E-state index is 0.671. The zero-order valence-corrected chi connectivity index (χ0v) is 13.5. The molecule has 1 saturated carbocycles. The number of rotatable bonds is 9. The van der Waals surface area contributed by atoms with E-state index in [0.717, 1.165) is 32.2 Å². The molecule has 114 valence electrons. The topological polar surface area (TPSA) is 24.5 Å². The molecule has 0 spiro atoms. The van der Waals surface area contributed by atoms with Gasteiger partial charge in [0.05, 0.1) is 6.61 Å². The number of likely N-dealkylation sites (N-methyl/N-ethyl adjacent to an activating group) is 2. The summed E-state index contributed by atoms with van der Waals surface area (Å²) in [6, 6.07) is 1.36. The Balaban J connectivity index is 2.49. The Morgan fingerprint density at radius 2 is 2.00 bits per heavy atom. The van der Waals surface area contributed by atoms with Crippen molar-refractivity contribution in [2.24, 2.45) is 5.92 Å². The van der Waals surface area contributed by atoms with Crippen molar-refractivity contribution < 1.29 is 4.74 Å². The van der Waals surface area contributed by atoms with E-state index < -0.39 is 0 Å². The highest BCUT2D eigenvalue weighted by Gasteiger charge is 2.31. The van der Waals surface area contributed by atoms with E-state index in [4.69, 9.17) is 4.74 Å². The molecule has 0 saturated heterocycles. The lowest BCUT2D eigenvalue weighted by Gasteiger charge is -2.41. The van der Waals surface area contributed by atoms with Crippen molar-refractivity contribution in [2.75, 3.05) is 33.4 Å². The van der Waals surface area contributed by atoms with Crippen LogP contribution in [0.2, 0.25) is 0 Å². The molecule has 0 heterocycles. The zero-order valence-electron chi connectivity index (χ0n) is 13.5. The smallest absolute Gasteiger partial charge is 0.0593 e. The van der Waals surface area contributed by atoms with Crippen molar-refractivity contribution in [1.82, 2.24) is 10.2 Å². The van der Waals surface area contributed by atoms with Crippen molar-refractivity contribution in [3.8, 4) is 0 Å². The molecule has 1 N–H and O–H groups in total. The normalized spacial score (nSPS) is 27.9. The van der Waals surface area contributed by atoms with Crippen LogP contribution in [0, 0.1) is 5.92 Å². The SMILES string of the molecule is CCCC1CCC(NCC)C(N(C)CCOCC)C1. The quantitative estimate of drug-likeness (QED) is 0.652. The average molecular weight is 270 g/mol. The second-order valence-corrected chi connectivity index (χ2v) is 5.88. The Kier molecular flexibility index (Phi) is 8.67. The number of hydrogen-bond acceptors (Lipinski definition) is 3. The Labute approximate surface area is 120 Å². The summed E-state index contributed by atoms with van der Waals surface area (Å²) in [5.74, 6) is 0.930. The number of ether oxygens (including phenoxy) is 1. The first-order chi connectivity index (χ1) is 9.22. The second-order valence-electron chi connectivity index (χ2n) is 5.88.